The fourth-order valence-electron chi connectivity index (χ4n) is 2.48. The van der Waals surface area contributed by atoms with E-state index < -0.39 is 6.10 Å². The van der Waals surface area contributed by atoms with Crippen molar-refractivity contribution in [3.63, 3.8) is 0 Å². The van der Waals surface area contributed by atoms with Gasteiger partial charge in [-0.1, -0.05) is 18.6 Å². The Morgan fingerprint density at radius 2 is 1.65 bits per heavy atom. The van der Waals surface area contributed by atoms with Crippen LogP contribution in [0.25, 0.3) is 0 Å². The van der Waals surface area contributed by atoms with Gasteiger partial charge >= 0.3 is 0 Å². The summed E-state index contributed by atoms with van der Waals surface area (Å²) in [5.41, 5.74) is 0.876. The number of aliphatic hydroxyl groups excluding tert-OH is 1. The van der Waals surface area contributed by atoms with Crippen LogP contribution in [0.2, 0.25) is 0 Å². The molecule has 1 aliphatic rings. The van der Waals surface area contributed by atoms with Crippen LogP contribution in [0.15, 0.2) is 24.3 Å². The third-order valence-corrected chi connectivity index (χ3v) is 3.66. The summed E-state index contributed by atoms with van der Waals surface area (Å²) in [7, 11) is 0. The van der Waals surface area contributed by atoms with Gasteiger partial charge in [0, 0.05) is 6.04 Å². The quantitative estimate of drug-likeness (QED) is 0.845. The SMILES string of the molecule is CC(C(O)c1ccc(O)cc1)N1CCCCC1. The number of hydrogen-bond acceptors (Lipinski definition) is 3. The van der Waals surface area contributed by atoms with Gasteiger partial charge in [-0.15, -0.1) is 0 Å². The third-order valence-electron chi connectivity index (χ3n) is 3.66. The molecule has 17 heavy (non-hydrogen) atoms. The Morgan fingerprint density at radius 3 is 2.24 bits per heavy atom. The summed E-state index contributed by atoms with van der Waals surface area (Å²) in [5.74, 6) is 0.242. The van der Waals surface area contributed by atoms with Crippen molar-refractivity contribution in [3.05, 3.63) is 29.8 Å². The summed E-state index contributed by atoms with van der Waals surface area (Å²) in [6, 6.07) is 6.98. The second-order valence-electron chi connectivity index (χ2n) is 4.87. The zero-order valence-corrected chi connectivity index (χ0v) is 10.3. The number of benzene rings is 1. The van der Waals surface area contributed by atoms with E-state index in [4.69, 9.17) is 0 Å². The van der Waals surface area contributed by atoms with Gasteiger partial charge in [-0.2, -0.15) is 0 Å². The molecule has 0 amide bonds. The molecule has 3 nitrogen and oxygen atoms in total. The van der Waals surface area contributed by atoms with Crippen molar-refractivity contribution in [2.45, 2.75) is 38.3 Å². The van der Waals surface area contributed by atoms with Crippen LogP contribution in [0.4, 0.5) is 0 Å². The van der Waals surface area contributed by atoms with Gasteiger partial charge < -0.3 is 10.2 Å². The fourth-order valence-corrected chi connectivity index (χ4v) is 2.48. The number of nitrogens with zero attached hydrogens (tertiary/aromatic N) is 1. The highest BCUT2D eigenvalue weighted by atomic mass is 16.3. The Morgan fingerprint density at radius 1 is 1.06 bits per heavy atom. The molecule has 1 fully saturated rings. The summed E-state index contributed by atoms with van der Waals surface area (Å²) in [6.45, 7) is 4.23. The van der Waals surface area contributed by atoms with E-state index in [0.29, 0.717) is 0 Å². The third kappa shape index (κ3) is 2.99. The lowest BCUT2D eigenvalue weighted by Gasteiger charge is -2.35. The summed E-state index contributed by atoms with van der Waals surface area (Å²) < 4.78 is 0. The standard InChI is InChI=1S/C14H21NO2/c1-11(15-9-3-2-4-10-15)14(17)12-5-7-13(16)8-6-12/h5-8,11,14,16-17H,2-4,9-10H2,1H3. The molecule has 1 aromatic carbocycles. The minimum Gasteiger partial charge on any atom is -0.508 e. The van der Waals surface area contributed by atoms with E-state index in [-0.39, 0.29) is 11.8 Å². The van der Waals surface area contributed by atoms with Crippen LogP contribution >= 0.6 is 0 Å². The van der Waals surface area contributed by atoms with Crippen molar-refractivity contribution >= 4 is 0 Å². The fraction of sp³-hybridized carbons (Fsp3) is 0.571. The van der Waals surface area contributed by atoms with Gasteiger partial charge in [-0.05, 0) is 50.6 Å². The number of rotatable bonds is 3. The van der Waals surface area contributed by atoms with E-state index in [0.717, 1.165) is 18.7 Å². The second-order valence-corrected chi connectivity index (χ2v) is 4.87. The highest BCUT2D eigenvalue weighted by Crippen LogP contribution is 2.24. The smallest absolute Gasteiger partial charge is 0.115 e. The number of phenols is 1. The van der Waals surface area contributed by atoms with Crippen LogP contribution in [0.5, 0.6) is 5.75 Å². The summed E-state index contributed by atoms with van der Waals surface area (Å²) in [4.78, 5) is 2.35. The van der Waals surface area contributed by atoms with Gasteiger partial charge in [0.25, 0.3) is 0 Å². The normalized spacial score (nSPS) is 21.1. The Hall–Kier alpha value is -1.06. The van der Waals surface area contributed by atoms with Gasteiger partial charge in [0.15, 0.2) is 0 Å². The van der Waals surface area contributed by atoms with Crippen LogP contribution in [-0.2, 0) is 0 Å². The van der Waals surface area contributed by atoms with E-state index in [9.17, 15) is 10.2 Å². The molecule has 2 atom stereocenters. The maximum atomic E-state index is 10.3. The predicted octanol–water partition coefficient (Wildman–Crippen LogP) is 2.30. The molecular formula is C14H21NO2. The van der Waals surface area contributed by atoms with E-state index in [1.165, 1.54) is 19.3 Å². The molecule has 2 rings (SSSR count). The highest BCUT2D eigenvalue weighted by molar-refractivity contribution is 5.27. The van der Waals surface area contributed by atoms with Crippen molar-refractivity contribution in [2.24, 2.45) is 0 Å². The largest absolute Gasteiger partial charge is 0.508 e. The van der Waals surface area contributed by atoms with Crippen LogP contribution in [-0.4, -0.2) is 34.2 Å². The van der Waals surface area contributed by atoms with Gasteiger partial charge in [0.2, 0.25) is 0 Å². The van der Waals surface area contributed by atoms with Crippen molar-refractivity contribution < 1.29 is 10.2 Å². The molecule has 0 radical (unpaired) electrons. The minimum atomic E-state index is -0.478. The van der Waals surface area contributed by atoms with Gasteiger partial charge in [0.05, 0.1) is 6.10 Å². The Labute approximate surface area is 103 Å². The number of phenolic OH excluding ortho intramolecular Hbond substituents is 1. The summed E-state index contributed by atoms with van der Waals surface area (Å²) in [6.07, 6.45) is 3.28. The molecule has 1 aliphatic heterocycles. The van der Waals surface area contributed by atoms with E-state index in [1.54, 1.807) is 24.3 Å². The Balaban J connectivity index is 2.02. The van der Waals surface area contributed by atoms with Gasteiger partial charge in [0.1, 0.15) is 5.75 Å². The summed E-state index contributed by atoms with van der Waals surface area (Å²) in [5, 5.41) is 19.5. The van der Waals surface area contributed by atoms with E-state index in [1.807, 2.05) is 0 Å². The lowest BCUT2D eigenvalue weighted by molar-refractivity contribution is 0.0471. The number of aromatic hydroxyl groups is 1. The van der Waals surface area contributed by atoms with Crippen LogP contribution in [0.1, 0.15) is 37.9 Å². The highest BCUT2D eigenvalue weighted by Gasteiger charge is 2.24. The van der Waals surface area contributed by atoms with Crippen molar-refractivity contribution in [3.8, 4) is 5.75 Å². The average molecular weight is 235 g/mol. The minimum absolute atomic E-state index is 0.139. The Bertz CT molecular complexity index is 344. The summed E-state index contributed by atoms with van der Waals surface area (Å²) >= 11 is 0. The van der Waals surface area contributed by atoms with E-state index in [2.05, 4.69) is 11.8 Å². The Kier molecular flexibility index (Phi) is 4.02. The first-order chi connectivity index (χ1) is 8.18. The number of aliphatic hydroxyl groups is 1. The molecule has 2 N–H and O–H groups in total. The molecular weight excluding hydrogens is 214 g/mol. The monoisotopic (exact) mass is 235 g/mol. The maximum absolute atomic E-state index is 10.3. The molecule has 1 aromatic rings. The van der Waals surface area contributed by atoms with Crippen molar-refractivity contribution in [1.29, 1.82) is 0 Å². The zero-order valence-electron chi connectivity index (χ0n) is 10.3. The molecule has 1 saturated heterocycles. The second kappa shape index (κ2) is 5.52. The van der Waals surface area contributed by atoms with Crippen LogP contribution < -0.4 is 0 Å². The molecule has 1 heterocycles. The zero-order chi connectivity index (χ0) is 12.3. The molecule has 94 valence electrons. The molecule has 0 saturated carbocycles. The molecule has 2 unspecified atom stereocenters. The maximum Gasteiger partial charge on any atom is 0.115 e. The predicted molar refractivity (Wildman–Crippen MR) is 68.0 cm³/mol. The molecule has 0 aromatic heterocycles. The van der Waals surface area contributed by atoms with Crippen LogP contribution in [0.3, 0.4) is 0 Å². The molecule has 0 bridgehead atoms. The topological polar surface area (TPSA) is 43.7 Å². The average Bonchev–Trinajstić information content (AvgIpc) is 2.39. The number of piperidine rings is 1. The van der Waals surface area contributed by atoms with E-state index >= 15 is 0 Å². The first-order valence-corrected chi connectivity index (χ1v) is 6.39. The number of hydrogen-bond donors (Lipinski definition) is 2. The van der Waals surface area contributed by atoms with Crippen molar-refractivity contribution in [1.82, 2.24) is 4.90 Å². The molecule has 0 spiro atoms. The molecule has 0 aliphatic carbocycles. The lowest BCUT2D eigenvalue weighted by Crippen LogP contribution is -2.40. The first kappa shape index (κ1) is 12.4. The lowest BCUT2D eigenvalue weighted by atomic mass is 10.00. The van der Waals surface area contributed by atoms with Gasteiger partial charge in [-0.25, -0.2) is 0 Å². The molecule has 3 heteroatoms. The van der Waals surface area contributed by atoms with Gasteiger partial charge in [-0.3, -0.25) is 4.90 Å². The van der Waals surface area contributed by atoms with Crippen molar-refractivity contribution in [2.75, 3.05) is 13.1 Å². The first-order valence-electron chi connectivity index (χ1n) is 6.39. The number of likely N-dealkylation sites (tertiary alicyclic amines) is 1. The van der Waals surface area contributed by atoms with Crippen LogP contribution in [0, 0.1) is 0 Å².